The molecule has 27 heavy (non-hydrogen) atoms. The minimum Gasteiger partial charge on any atom is -0.335 e. The van der Waals surface area contributed by atoms with Crippen molar-refractivity contribution < 1.29 is 4.79 Å². The van der Waals surface area contributed by atoms with Crippen LogP contribution in [-0.4, -0.2) is 41.9 Å². The Morgan fingerprint density at radius 2 is 1.70 bits per heavy atom. The van der Waals surface area contributed by atoms with Crippen LogP contribution in [0.2, 0.25) is 15.1 Å². The number of amides is 1. The van der Waals surface area contributed by atoms with Crippen molar-refractivity contribution in [3.63, 3.8) is 0 Å². The van der Waals surface area contributed by atoms with Crippen molar-refractivity contribution in [1.82, 2.24) is 9.80 Å². The number of benzene rings is 2. The Balaban J connectivity index is 1.43. The molecule has 1 aliphatic rings. The standard InChI is InChI=1S/C20H17Cl3N2OS/c21-14-3-1-2-13(10-14)12-24-6-8-25(9-7-24)20(26)19-18(23)16-5-4-15(22)11-17(16)27-19/h1-5,10-11H,6-9,12H2. The Hall–Kier alpha value is -1.30. The minimum atomic E-state index is -0.000252. The Morgan fingerprint density at radius 3 is 2.44 bits per heavy atom. The number of thiophene rings is 1. The normalized spacial score (nSPS) is 15.4. The molecule has 0 atom stereocenters. The molecule has 3 nitrogen and oxygen atoms in total. The number of carbonyl (C=O) groups excluding carboxylic acids is 1. The number of rotatable bonds is 3. The number of carbonyl (C=O) groups is 1. The third-order valence-electron chi connectivity index (χ3n) is 4.74. The first-order valence-corrected chi connectivity index (χ1v) is 10.6. The van der Waals surface area contributed by atoms with Crippen LogP contribution in [0.5, 0.6) is 0 Å². The summed E-state index contributed by atoms with van der Waals surface area (Å²) in [5, 5.41) is 2.81. The fraction of sp³-hybridized carbons (Fsp3) is 0.250. The molecule has 4 rings (SSSR count). The van der Waals surface area contributed by atoms with Crippen molar-refractivity contribution in [1.29, 1.82) is 0 Å². The summed E-state index contributed by atoms with van der Waals surface area (Å²) >= 11 is 20.0. The molecule has 1 saturated heterocycles. The number of hydrogen-bond donors (Lipinski definition) is 0. The molecule has 0 unspecified atom stereocenters. The van der Waals surface area contributed by atoms with Crippen molar-refractivity contribution in [3.05, 3.63) is 68.0 Å². The number of halogens is 3. The van der Waals surface area contributed by atoms with E-state index >= 15 is 0 Å². The summed E-state index contributed by atoms with van der Waals surface area (Å²) in [6.45, 7) is 3.86. The van der Waals surface area contributed by atoms with Crippen LogP contribution in [0.1, 0.15) is 15.2 Å². The summed E-state index contributed by atoms with van der Waals surface area (Å²) in [5.74, 6) is -0.000252. The fourth-order valence-corrected chi connectivity index (χ4v) is 5.29. The van der Waals surface area contributed by atoms with E-state index in [0.29, 0.717) is 28.0 Å². The highest BCUT2D eigenvalue weighted by molar-refractivity contribution is 7.21. The topological polar surface area (TPSA) is 23.6 Å². The molecule has 2 aromatic carbocycles. The van der Waals surface area contributed by atoms with Gasteiger partial charge in [0, 0.05) is 52.9 Å². The molecule has 0 radical (unpaired) electrons. The third kappa shape index (κ3) is 4.10. The highest BCUT2D eigenvalue weighted by atomic mass is 35.5. The highest BCUT2D eigenvalue weighted by Crippen LogP contribution is 2.37. The summed E-state index contributed by atoms with van der Waals surface area (Å²) in [4.78, 5) is 17.8. The SMILES string of the molecule is O=C(c1sc2cc(Cl)ccc2c1Cl)N1CCN(Cc2cccc(Cl)c2)CC1. The van der Waals surface area contributed by atoms with Crippen molar-refractivity contribution in [2.24, 2.45) is 0 Å². The fourth-order valence-electron chi connectivity index (χ4n) is 3.32. The number of fused-ring (bicyclic) bond motifs is 1. The zero-order chi connectivity index (χ0) is 19.0. The van der Waals surface area contributed by atoms with E-state index in [4.69, 9.17) is 34.8 Å². The van der Waals surface area contributed by atoms with Crippen LogP contribution in [0.25, 0.3) is 10.1 Å². The van der Waals surface area contributed by atoms with Gasteiger partial charge in [0.1, 0.15) is 4.88 Å². The van der Waals surface area contributed by atoms with Crippen molar-refractivity contribution in [2.45, 2.75) is 6.54 Å². The lowest BCUT2D eigenvalue weighted by Gasteiger charge is -2.34. The maximum atomic E-state index is 13.0. The van der Waals surface area contributed by atoms with Gasteiger partial charge < -0.3 is 4.90 Å². The van der Waals surface area contributed by atoms with Gasteiger partial charge in [-0.3, -0.25) is 9.69 Å². The van der Waals surface area contributed by atoms with Gasteiger partial charge in [0.05, 0.1) is 5.02 Å². The molecule has 3 aromatic rings. The molecule has 1 aromatic heterocycles. The van der Waals surface area contributed by atoms with E-state index in [9.17, 15) is 4.79 Å². The summed E-state index contributed by atoms with van der Waals surface area (Å²) < 4.78 is 0.940. The van der Waals surface area contributed by atoms with Crippen LogP contribution in [0.4, 0.5) is 0 Å². The van der Waals surface area contributed by atoms with E-state index in [1.54, 1.807) is 6.07 Å². The van der Waals surface area contributed by atoms with Gasteiger partial charge in [0.2, 0.25) is 0 Å². The van der Waals surface area contributed by atoms with Gasteiger partial charge in [-0.25, -0.2) is 0 Å². The monoisotopic (exact) mass is 438 g/mol. The largest absolute Gasteiger partial charge is 0.335 e. The third-order valence-corrected chi connectivity index (χ3v) is 6.86. The van der Waals surface area contributed by atoms with Crippen molar-refractivity contribution in [3.8, 4) is 0 Å². The van der Waals surface area contributed by atoms with E-state index in [-0.39, 0.29) is 5.91 Å². The molecule has 140 valence electrons. The van der Waals surface area contributed by atoms with E-state index in [1.807, 2.05) is 35.2 Å². The molecule has 1 aliphatic heterocycles. The van der Waals surface area contributed by atoms with Gasteiger partial charge in [-0.2, -0.15) is 0 Å². The Bertz CT molecular complexity index is 996. The second kappa shape index (κ2) is 7.98. The van der Waals surface area contributed by atoms with E-state index < -0.39 is 0 Å². The van der Waals surface area contributed by atoms with Crippen LogP contribution in [-0.2, 0) is 6.54 Å². The number of piperazine rings is 1. The molecule has 0 N–H and O–H groups in total. The predicted octanol–water partition coefficient (Wildman–Crippen LogP) is 5.82. The smallest absolute Gasteiger partial charge is 0.265 e. The Labute approximate surface area is 177 Å². The molecule has 0 saturated carbocycles. The second-order valence-corrected chi connectivity index (χ2v) is 8.89. The van der Waals surface area contributed by atoms with Gasteiger partial charge in [-0.1, -0.05) is 53.0 Å². The molecule has 7 heteroatoms. The maximum absolute atomic E-state index is 13.0. The van der Waals surface area contributed by atoms with E-state index in [1.165, 1.54) is 16.9 Å². The molecule has 0 aliphatic carbocycles. The Kier molecular flexibility index (Phi) is 5.62. The zero-order valence-corrected chi connectivity index (χ0v) is 17.5. The first-order chi connectivity index (χ1) is 13.0. The Morgan fingerprint density at radius 1 is 0.963 bits per heavy atom. The van der Waals surface area contributed by atoms with Crippen LogP contribution >= 0.6 is 46.1 Å². The number of hydrogen-bond acceptors (Lipinski definition) is 3. The highest BCUT2D eigenvalue weighted by Gasteiger charge is 2.26. The second-order valence-electron chi connectivity index (χ2n) is 6.58. The minimum absolute atomic E-state index is 0.000252. The first kappa shape index (κ1) is 19.0. The van der Waals surface area contributed by atoms with E-state index in [0.717, 1.165) is 34.7 Å². The molecule has 2 heterocycles. The molecular formula is C20H17Cl3N2OS. The van der Waals surface area contributed by atoms with Gasteiger partial charge in [0.15, 0.2) is 0 Å². The summed E-state index contributed by atoms with van der Waals surface area (Å²) in [5.41, 5.74) is 1.19. The van der Waals surface area contributed by atoms with Crippen LogP contribution < -0.4 is 0 Å². The van der Waals surface area contributed by atoms with Gasteiger partial charge in [-0.05, 0) is 29.8 Å². The average molecular weight is 440 g/mol. The lowest BCUT2D eigenvalue weighted by molar-refractivity contribution is 0.0633. The molecule has 1 fully saturated rings. The predicted molar refractivity (Wildman–Crippen MR) is 114 cm³/mol. The van der Waals surface area contributed by atoms with Crippen molar-refractivity contribution >= 4 is 62.1 Å². The summed E-state index contributed by atoms with van der Waals surface area (Å²) in [7, 11) is 0. The molecular weight excluding hydrogens is 423 g/mol. The maximum Gasteiger partial charge on any atom is 0.265 e. The van der Waals surface area contributed by atoms with E-state index in [2.05, 4.69) is 11.0 Å². The molecule has 1 amide bonds. The molecule has 0 spiro atoms. The lowest BCUT2D eigenvalue weighted by Crippen LogP contribution is -2.48. The summed E-state index contributed by atoms with van der Waals surface area (Å²) in [6, 6.07) is 13.4. The van der Waals surface area contributed by atoms with Gasteiger partial charge >= 0.3 is 0 Å². The summed E-state index contributed by atoms with van der Waals surface area (Å²) in [6.07, 6.45) is 0. The lowest BCUT2D eigenvalue weighted by atomic mass is 10.2. The quantitative estimate of drug-likeness (QED) is 0.513. The van der Waals surface area contributed by atoms with Crippen LogP contribution in [0, 0.1) is 0 Å². The zero-order valence-electron chi connectivity index (χ0n) is 14.4. The first-order valence-electron chi connectivity index (χ1n) is 8.65. The van der Waals surface area contributed by atoms with Crippen LogP contribution in [0.15, 0.2) is 42.5 Å². The van der Waals surface area contributed by atoms with Gasteiger partial charge in [-0.15, -0.1) is 11.3 Å². The molecule has 0 bridgehead atoms. The van der Waals surface area contributed by atoms with Crippen LogP contribution in [0.3, 0.4) is 0 Å². The average Bonchev–Trinajstić information content (AvgIpc) is 2.97. The number of nitrogens with zero attached hydrogens (tertiary/aromatic N) is 2. The van der Waals surface area contributed by atoms with Gasteiger partial charge in [0.25, 0.3) is 5.91 Å². The van der Waals surface area contributed by atoms with Crippen molar-refractivity contribution in [2.75, 3.05) is 26.2 Å².